The van der Waals surface area contributed by atoms with Crippen LogP contribution in [0.4, 0.5) is 0 Å². The Morgan fingerprint density at radius 1 is 1.09 bits per heavy atom. The average Bonchev–Trinajstić information content (AvgIpc) is 2.86. The lowest BCUT2D eigenvalue weighted by Crippen LogP contribution is -2.31. The first kappa shape index (κ1) is 15.8. The van der Waals surface area contributed by atoms with Gasteiger partial charge >= 0.3 is 5.97 Å². The second kappa shape index (κ2) is 6.19. The van der Waals surface area contributed by atoms with Crippen molar-refractivity contribution in [3.05, 3.63) is 71.3 Å². The molecule has 2 heteroatoms. The van der Waals surface area contributed by atoms with Crippen LogP contribution in [0.25, 0.3) is 0 Å². The third kappa shape index (κ3) is 3.03. The number of carbonyl (C=O) groups excluding carboxylic acids is 1. The van der Waals surface area contributed by atoms with E-state index in [-0.39, 0.29) is 17.5 Å². The van der Waals surface area contributed by atoms with Crippen LogP contribution in [0.3, 0.4) is 0 Å². The summed E-state index contributed by atoms with van der Waals surface area (Å²) in [5.41, 5.74) is 3.31. The zero-order valence-corrected chi connectivity index (χ0v) is 14.1. The number of carbonyl (C=O) groups is 1. The maximum absolute atomic E-state index is 12.3. The Labute approximate surface area is 138 Å². The van der Waals surface area contributed by atoms with Crippen molar-refractivity contribution in [2.75, 3.05) is 0 Å². The molecule has 120 valence electrons. The van der Waals surface area contributed by atoms with Crippen LogP contribution in [-0.4, -0.2) is 12.1 Å². The molecule has 0 saturated heterocycles. The minimum atomic E-state index is -0.212. The molecule has 3 atom stereocenters. The molecule has 2 nitrogen and oxygen atoms in total. The number of ether oxygens (including phenoxy) is 1. The molecule has 0 unspecified atom stereocenters. The van der Waals surface area contributed by atoms with E-state index < -0.39 is 0 Å². The smallest absolute Gasteiger partial charge is 0.338 e. The second-order valence-electron chi connectivity index (χ2n) is 6.92. The van der Waals surface area contributed by atoms with Crippen LogP contribution in [0.2, 0.25) is 0 Å². The molecular weight excluding hydrogens is 284 g/mol. The molecule has 0 aromatic heterocycles. The van der Waals surface area contributed by atoms with Gasteiger partial charge in [-0.1, -0.05) is 61.9 Å². The van der Waals surface area contributed by atoms with Gasteiger partial charge in [-0.05, 0) is 42.9 Å². The first-order valence-corrected chi connectivity index (χ1v) is 8.34. The van der Waals surface area contributed by atoms with E-state index in [0.29, 0.717) is 11.5 Å². The van der Waals surface area contributed by atoms with Gasteiger partial charge in [0.2, 0.25) is 0 Å². The Morgan fingerprint density at radius 3 is 2.39 bits per heavy atom. The number of rotatable bonds is 3. The normalized spacial score (nSPS) is 26.9. The number of aryl methyl sites for hydroxylation is 1. The van der Waals surface area contributed by atoms with Crippen molar-refractivity contribution in [3.8, 4) is 0 Å². The molecule has 0 bridgehead atoms. The summed E-state index contributed by atoms with van der Waals surface area (Å²) in [7, 11) is 0. The molecule has 2 aromatic rings. The summed E-state index contributed by atoms with van der Waals surface area (Å²) in [4.78, 5) is 12.3. The molecule has 1 aliphatic carbocycles. The van der Waals surface area contributed by atoms with Crippen LogP contribution < -0.4 is 0 Å². The first-order valence-electron chi connectivity index (χ1n) is 8.34. The van der Waals surface area contributed by atoms with Gasteiger partial charge in [0, 0.05) is 5.92 Å². The monoisotopic (exact) mass is 308 g/mol. The lowest BCUT2D eigenvalue weighted by atomic mass is 9.74. The topological polar surface area (TPSA) is 26.3 Å². The molecule has 1 aliphatic rings. The maximum Gasteiger partial charge on any atom is 0.338 e. The quantitative estimate of drug-likeness (QED) is 0.753. The standard InChI is InChI=1S/C21H24O2/c1-15-9-11-18(12-10-15)21(3)14-13-19(16(21)2)23-20(22)17-7-5-4-6-8-17/h4-12,16,19H,13-14H2,1-3H3/t16-,19-,21+/m0/s1. The van der Waals surface area contributed by atoms with Crippen molar-refractivity contribution in [2.45, 2.75) is 45.1 Å². The molecule has 3 rings (SSSR count). The van der Waals surface area contributed by atoms with Gasteiger partial charge < -0.3 is 4.74 Å². The predicted molar refractivity (Wildman–Crippen MR) is 92.6 cm³/mol. The molecule has 0 heterocycles. The van der Waals surface area contributed by atoms with E-state index in [2.05, 4.69) is 45.0 Å². The zero-order valence-electron chi connectivity index (χ0n) is 14.1. The highest BCUT2D eigenvalue weighted by Gasteiger charge is 2.45. The van der Waals surface area contributed by atoms with Gasteiger partial charge in [0.1, 0.15) is 6.10 Å². The van der Waals surface area contributed by atoms with Crippen molar-refractivity contribution in [2.24, 2.45) is 5.92 Å². The Morgan fingerprint density at radius 2 is 1.74 bits per heavy atom. The molecule has 0 amide bonds. The van der Waals surface area contributed by atoms with E-state index in [9.17, 15) is 4.79 Å². The zero-order chi connectivity index (χ0) is 16.4. The molecule has 1 saturated carbocycles. The van der Waals surface area contributed by atoms with E-state index in [0.717, 1.165) is 12.8 Å². The van der Waals surface area contributed by atoms with Gasteiger partial charge in [0.05, 0.1) is 5.56 Å². The summed E-state index contributed by atoms with van der Waals surface area (Å²) >= 11 is 0. The Hall–Kier alpha value is -2.09. The highest BCUT2D eigenvalue weighted by Crippen LogP contribution is 2.46. The van der Waals surface area contributed by atoms with Crippen molar-refractivity contribution in [3.63, 3.8) is 0 Å². The summed E-state index contributed by atoms with van der Waals surface area (Å²) in [6, 6.07) is 18.0. The molecule has 23 heavy (non-hydrogen) atoms. The second-order valence-corrected chi connectivity index (χ2v) is 6.92. The van der Waals surface area contributed by atoms with Crippen molar-refractivity contribution in [1.29, 1.82) is 0 Å². The van der Waals surface area contributed by atoms with Crippen molar-refractivity contribution < 1.29 is 9.53 Å². The van der Waals surface area contributed by atoms with Crippen LogP contribution in [0, 0.1) is 12.8 Å². The van der Waals surface area contributed by atoms with Crippen LogP contribution in [0.15, 0.2) is 54.6 Å². The van der Waals surface area contributed by atoms with Gasteiger partial charge in [-0.15, -0.1) is 0 Å². The Kier molecular flexibility index (Phi) is 4.25. The van der Waals surface area contributed by atoms with E-state index >= 15 is 0 Å². The molecule has 1 fully saturated rings. The average molecular weight is 308 g/mol. The lowest BCUT2D eigenvalue weighted by Gasteiger charge is -2.32. The lowest BCUT2D eigenvalue weighted by molar-refractivity contribution is 0.0188. The van der Waals surface area contributed by atoms with Crippen LogP contribution in [0.1, 0.15) is 48.2 Å². The predicted octanol–water partition coefficient (Wildman–Crippen LogP) is 4.91. The molecule has 0 N–H and O–H groups in total. The molecular formula is C21H24O2. The maximum atomic E-state index is 12.3. The summed E-state index contributed by atoms with van der Waals surface area (Å²) in [6.07, 6.45) is 1.95. The summed E-state index contributed by atoms with van der Waals surface area (Å²) in [6.45, 7) is 6.60. The van der Waals surface area contributed by atoms with Crippen LogP contribution in [-0.2, 0) is 10.2 Å². The SMILES string of the molecule is Cc1ccc([C@]2(C)CC[C@H](OC(=O)c3ccccc3)[C@@H]2C)cc1. The van der Waals surface area contributed by atoms with Gasteiger partial charge in [0.25, 0.3) is 0 Å². The van der Waals surface area contributed by atoms with Crippen LogP contribution >= 0.6 is 0 Å². The Balaban J connectivity index is 1.75. The van der Waals surface area contributed by atoms with E-state index in [1.54, 1.807) is 12.1 Å². The minimum absolute atomic E-state index is 0.0194. The number of esters is 1. The largest absolute Gasteiger partial charge is 0.458 e. The molecule has 0 radical (unpaired) electrons. The van der Waals surface area contributed by atoms with E-state index in [1.165, 1.54) is 11.1 Å². The highest BCUT2D eigenvalue weighted by molar-refractivity contribution is 5.89. The minimum Gasteiger partial charge on any atom is -0.458 e. The molecule has 0 spiro atoms. The fourth-order valence-corrected chi connectivity index (χ4v) is 3.61. The Bertz CT molecular complexity index is 675. The third-order valence-electron chi connectivity index (χ3n) is 5.49. The van der Waals surface area contributed by atoms with Crippen molar-refractivity contribution in [1.82, 2.24) is 0 Å². The fourth-order valence-electron chi connectivity index (χ4n) is 3.61. The van der Waals surface area contributed by atoms with Gasteiger partial charge in [-0.2, -0.15) is 0 Å². The summed E-state index contributed by atoms with van der Waals surface area (Å²) < 4.78 is 5.81. The third-order valence-corrected chi connectivity index (χ3v) is 5.49. The van der Waals surface area contributed by atoms with E-state index in [4.69, 9.17) is 4.74 Å². The molecule has 2 aromatic carbocycles. The van der Waals surface area contributed by atoms with Gasteiger partial charge in [0.15, 0.2) is 0 Å². The first-order chi connectivity index (χ1) is 11.0. The number of benzene rings is 2. The highest BCUT2D eigenvalue weighted by atomic mass is 16.5. The number of hydrogen-bond acceptors (Lipinski definition) is 2. The van der Waals surface area contributed by atoms with Gasteiger partial charge in [-0.25, -0.2) is 4.79 Å². The summed E-state index contributed by atoms with van der Waals surface area (Å²) in [5.74, 6) is 0.0912. The summed E-state index contributed by atoms with van der Waals surface area (Å²) in [5, 5.41) is 0. The fraction of sp³-hybridized carbons (Fsp3) is 0.381. The van der Waals surface area contributed by atoms with Crippen LogP contribution in [0.5, 0.6) is 0 Å². The van der Waals surface area contributed by atoms with Gasteiger partial charge in [-0.3, -0.25) is 0 Å². The number of hydrogen-bond donors (Lipinski definition) is 0. The van der Waals surface area contributed by atoms with Crippen molar-refractivity contribution >= 4 is 5.97 Å². The molecule has 0 aliphatic heterocycles. The van der Waals surface area contributed by atoms with E-state index in [1.807, 2.05) is 18.2 Å².